The van der Waals surface area contributed by atoms with Gasteiger partial charge in [-0.2, -0.15) is 0 Å². The molecule has 0 spiro atoms. The van der Waals surface area contributed by atoms with Gasteiger partial charge in [0.05, 0.1) is 0 Å². The van der Waals surface area contributed by atoms with E-state index in [1.54, 1.807) is 12.1 Å². The predicted molar refractivity (Wildman–Crippen MR) is 68.9 cm³/mol. The Labute approximate surface area is 109 Å². The number of nitrogens with one attached hydrogen (secondary N) is 1. The third kappa shape index (κ3) is 5.58. The molecule has 0 saturated carbocycles. The molecule has 0 bridgehead atoms. The Kier molecular flexibility index (Phi) is 5.27. The van der Waals surface area contributed by atoms with Crippen LogP contribution in [0.2, 0.25) is 0 Å². The molecule has 17 heavy (non-hydrogen) atoms. The van der Waals surface area contributed by atoms with Gasteiger partial charge in [0.1, 0.15) is 4.64 Å². The number of nitrogens with zero attached hydrogens (tertiary/aromatic N) is 1. The van der Waals surface area contributed by atoms with E-state index in [0.29, 0.717) is 0 Å². The quantitative estimate of drug-likeness (QED) is 0.647. The molecule has 0 radical (unpaired) electrons. The number of H-pyrrole nitrogens is 1. The van der Waals surface area contributed by atoms with Crippen molar-refractivity contribution in [2.45, 2.75) is 5.03 Å². The van der Waals surface area contributed by atoms with Crippen molar-refractivity contribution in [3.05, 3.63) is 53.4 Å². The fraction of sp³-hybridized carbons (Fsp3) is 0. The molecule has 0 saturated heterocycles. The van der Waals surface area contributed by atoms with E-state index in [0.717, 1.165) is 4.64 Å². The second kappa shape index (κ2) is 6.48. The van der Waals surface area contributed by atoms with Crippen LogP contribution in [-0.4, -0.2) is 18.4 Å². The Balaban J connectivity index is 0.000000181. The van der Waals surface area contributed by atoms with Gasteiger partial charge in [-0.15, -0.1) is 0 Å². The molecule has 2 rings (SSSR count). The van der Waals surface area contributed by atoms with E-state index < -0.39 is 9.05 Å². The molecule has 0 aromatic carbocycles. The van der Waals surface area contributed by atoms with Gasteiger partial charge in [-0.05, 0) is 24.3 Å². The van der Waals surface area contributed by atoms with Gasteiger partial charge in [-0.1, -0.05) is 24.4 Å². The van der Waals surface area contributed by atoms with Crippen LogP contribution in [0.3, 0.4) is 0 Å². The van der Waals surface area contributed by atoms with Gasteiger partial charge in [0.15, 0.2) is 5.03 Å². The molecule has 0 unspecified atom stereocenters. The molecule has 2 aromatic heterocycles. The van der Waals surface area contributed by atoms with Gasteiger partial charge in [-0.3, -0.25) is 0 Å². The fourth-order valence-electron chi connectivity index (χ4n) is 0.868. The first-order valence-electron chi connectivity index (χ1n) is 4.49. The summed E-state index contributed by atoms with van der Waals surface area (Å²) in [5, 5.41) is -0.114. The summed E-state index contributed by atoms with van der Waals surface area (Å²) in [5.74, 6) is 0. The highest BCUT2D eigenvalue weighted by atomic mass is 35.7. The highest BCUT2D eigenvalue weighted by Gasteiger charge is 2.08. The first-order valence-corrected chi connectivity index (χ1v) is 7.21. The minimum absolute atomic E-state index is 0.114. The van der Waals surface area contributed by atoms with Crippen molar-refractivity contribution in [1.29, 1.82) is 0 Å². The average Bonchev–Trinajstić information content (AvgIpc) is 2.31. The van der Waals surface area contributed by atoms with Gasteiger partial charge < -0.3 is 4.98 Å². The van der Waals surface area contributed by atoms with Crippen molar-refractivity contribution in [2.75, 3.05) is 0 Å². The maximum absolute atomic E-state index is 10.5. The number of hydrogen-bond donors (Lipinski definition) is 1. The number of aromatic amines is 1. The Hall–Kier alpha value is -1.24. The van der Waals surface area contributed by atoms with Crippen molar-refractivity contribution < 1.29 is 8.42 Å². The molecule has 2 aromatic rings. The lowest BCUT2D eigenvalue weighted by atomic mass is 10.5. The summed E-state index contributed by atoms with van der Waals surface area (Å²) in [7, 11) is 1.33. The topological polar surface area (TPSA) is 62.8 Å². The number of pyridine rings is 2. The lowest BCUT2D eigenvalue weighted by Gasteiger charge is -1.90. The zero-order valence-corrected chi connectivity index (χ0v) is 11.0. The Morgan fingerprint density at radius 1 is 1.18 bits per heavy atom. The molecule has 0 aliphatic heterocycles. The summed E-state index contributed by atoms with van der Waals surface area (Å²) < 4.78 is 21.9. The Morgan fingerprint density at radius 2 is 1.88 bits per heavy atom. The number of rotatable bonds is 1. The van der Waals surface area contributed by atoms with Crippen LogP contribution in [0.4, 0.5) is 0 Å². The van der Waals surface area contributed by atoms with Crippen LogP contribution in [-0.2, 0) is 9.05 Å². The third-order valence-electron chi connectivity index (χ3n) is 1.57. The molecule has 0 atom stereocenters. The van der Waals surface area contributed by atoms with Gasteiger partial charge in [0, 0.05) is 23.1 Å². The highest BCUT2D eigenvalue weighted by Crippen LogP contribution is 2.09. The fourth-order valence-corrected chi connectivity index (χ4v) is 1.72. The van der Waals surface area contributed by atoms with Gasteiger partial charge in [0.25, 0.3) is 9.05 Å². The van der Waals surface area contributed by atoms with Gasteiger partial charge in [0.2, 0.25) is 0 Å². The second-order valence-electron chi connectivity index (χ2n) is 2.83. The molecule has 2 heterocycles. The molecule has 0 aliphatic carbocycles. The molecular weight excluding hydrogens is 280 g/mol. The monoisotopic (exact) mass is 288 g/mol. The van der Waals surface area contributed by atoms with Crippen molar-refractivity contribution in [2.24, 2.45) is 0 Å². The summed E-state index contributed by atoms with van der Waals surface area (Å²) in [6.45, 7) is 0. The minimum atomic E-state index is -3.64. The molecule has 4 nitrogen and oxygen atoms in total. The summed E-state index contributed by atoms with van der Waals surface area (Å²) in [5.41, 5.74) is 0. The van der Waals surface area contributed by atoms with Crippen molar-refractivity contribution in [1.82, 2.24) is 9.97 Å². The van der Waals surface area contributed by atoms with Crippen LogP contribution in [0.25, 0.3) is 0 Å². The SMILES string of the molecule is O=S(=O)(Cl)c1ccccn1.S=c1cccc[nH]1. The van der Waals surface area contributed by atoms with E-state index in [1.165, 1.54) is 12.3 Å². The molecule has 1 N–H and O–H groups in total. The molecule has 0 aliphatic rings. The maximum Gasteiger partial charge on any atom is 0.278 e. The summed E-state index contributed by atoms with van der Waals surface area (Å²) in [6.07, 6.45) is 3.18. The average molecular weight is 289 g/mol. The van der Waals surface area contributed by atoms with Crippen LogP contribution >= 0.6 is 22.9 Å². The van der Waals surface area contributed by atoms with Crippen LogP contribution in [0.15, 0.2) is 53.8 Å². The first-order chi connectivity index (χ1) is 8.00. The summed E-state index contributed by atoms with van der Waals surface area (Å²) in [6, 6.07) is 10.2. The van der Waals surface area contributed by atoms with Crippen LogP contribution in [0.5, 0.6) is 0 Å². The smallest absolute Gasteiger partial charge is 0.278 e. The van der Waals surface area contributed by atoms with Crippen molar-refractivity contribution in [3.63, 3.8) is 0 Å². The van der Waals surface area contributed by atoms with E-state index >= 15 is 0 Å². The van der Waals surface area contributed by atoms with E-state index in [4.69, 9.17) is 22.9 Å². The second-order valence-corrected chi connectivity index (χ2v) is 5.79. The minimum Gasteiger partial charge on any atom is -0.353 e. The van der Waals surface area contributed by atoms with Gasteiger partial charge in [-0.25, -0.2) is 13.4 Å². The Bertz CT molecular complexity index is 594. The lowest BCUT2D eigenvalue weighted by molar-refractivity contribution is 0.606. The normalized spacial score (nSPS) is 10.2. The van der Waals surface area contributed by atoms with E-state index in [-0.39, 0.29) is 5.03 Å². The molecule has 0 amide bonds. The first kappa shape index (κ1) is 13.8. The Morgan fingerprint density at radius 3 is 2.18 bits per heavy atom. The van der Waals surface area contributed by atoms with E-state index in [1.807, 2.05) is 24.4 Å². The van der Waals surface area contributed by atoms with Gasteiger partial charge >= 0.3 is 0 Å². The van der Waals surface area contributed by atoms with E-state index in [2.05, 4.69) is 9.97 Å². The molecule has 90 valence electrons. The number of aromatic nitrogens is 2. The number of hydrogen-bond acceptors (Lipinski definition) is 4. The largest absolute Gasteiger partial charge is 0.353 e. The number of halogens is 1. The van der Waals surface area contributed by atoms with Crippen molar-refractivity contribution >= 4 is 32.0 Å². The van der Waals surface area contributed by atoms with Crippen LogP contribution < -0.4 is 0 Å². The molecule has 7 heteroatoms. The maximum atomic E-state index is 10.5. The highest BCUT2D eigenvalue weighted by molar-refractivity contribution is 8.13. The van der Waals surface area contributed by atoms with Crippen LogP contribution in [0.1, 0.15) is 0 Å². The van der Waals surface area contributed by atoms with E-state index in [9.17, 15) is 8.42 Å². The zero-order valence-electron chi connectivity index (χ0n) is 8.58. The third-order valence-corrected chi connectivity index (χ3v) is 3.04. The lowest BCUT2D eigenvalue weighted by Crippen LogP contribution is -1.92. The molecular formula is C10H9ClN2O2S2. The zero-order chi connectivity index (χ0) is 12.7. The predicted octanol–water partition coefficient (Wildman–Crippen LogP) is 2.75. The van der Waals surface area contributed by atoms with Crippen molar-refractivity contribution in [3.8, 4) is 0 Å². The molecule has 0 fully saturated rings. The standard InChI is InChI=1S/C5H4ClNO2S.C5H5NS/c6-10(8,9)5-3-1-2-4-7-5;7-5-3-1-2-4-6-5/h1-4H;1-4H,(H,6,7). The summed E-state index contributed by atoms with van der Waals surface area (Å²) in [4.78, 5) is 6.38. The summed E-state index contributed by atoms with van der Waals surface area (Å²) >= 11 is 4.76. The van der Waals surface area contributed by atoms with Crippen LogP contribution in [0, 0.1) is 4.64 Å².